The molecule has 4 aromatic heterocycles. The van der Waals surface area contributed by atoms with Gasteiger partial charge in [-0.1, -0.05) is 12.1 Å². The molecule has 0 aliphatic heterocycles. The second-order valence-corrected chi connectivity index (χ2v) is 7.58. The summed E-state index contributed by atoms with van der Waals surface area (Å²) in [5, 5.41) is 16.6. The number of nitrogens with one attached hydrogen (secondary N) is 1. The smallest absolute Gasteiger partial charge is 0.260 e. The predicted molar refractivity (Wildman–Crippen MR) is 121 cm³/mol. The van der Waals surface area contributed by atoms with E-state index < -0.39 is 5.91 Å². The molecular formula is C24H19FN6O2. The molecule has 0 unspecified atom stereocenters. The summed E-state index contributed by atoms with van der Waals surface area (Å²) in [5.74, 6) is -0.917. The maximum Gasteiger partial charge on any atom is 0.260 e. The van der Waals surface area contributed by atoms with Crippen LogP contribution in [0.2, 0.25) is 0 Å². The van der Waals surface area contributed by atoms with E-state index in [0.29, 0.717) is 22.2 Å². The molecule has 1 amide bonds. The van der Waals surface area contributed by atoms with Crippen LogP contribution in [0.25, 0.3) is 22.2 Å². The molecule has 0 spiro atoms. The zero-order chi connectivity index (χ0) is 22.9. The number of aromatic nitrogens is 5. The highest BCUT2D eigenvalue weighted by Crippen LogP contribution is 2.26. The number of aromatic hydroxyl groups is 1. The molecule has 0 saturated heterocycles. The van der Waals surface area contributed by atoms with Crippen LogP contribution in [0.4, 0.5) is 10.2 Å². The molecule has 1 aromatic carbocycles. The van der Waals surface area contributed by atoms with E-state index in [1.807, 2.05) is 25.4 Å². The van der Waals surface area contributed by atoms with Gasteiger partial charge in [-0.3, -0.25) is 14.5 Å². The second-order valence-electron chi connectivity index (χ2n) is 7.58. The van der Waals surface area contributed by atoms with Gasteiger partial charge in [0.15, 0.2) is 11.6 Å². The predicted octanol–water partition coefficient (Wildman–Crippen LogP) is 3.98. The summed E-state index contributed by atoms with van der Waals surface area (Å²) in [6, 6.07) is 11.6. The summed E-state index contributed by atoms with van der Waals surface area (Å²) in [4.78, 5) is 21.2. The molecule has 8 nitrogen and oxygen atoms in total. The number of amides is 1. The molecule has 0 bridgehead atoms. The summed E-state index contributed by atoms with van der Waals surface area (Å²) in [6.07, 6.45) is 8.19. The van der Waals surface area contributed by atoms with Gasteiger partial charge in [0, 0.05) is 43.0 Å². The van der Waals surface area contributed by atoms with Crippen molar-refractivity contribution < 1.29 is 14.3 Å². The van der Waals surface area contributed by atoms with Crippen molar-refractivity contribution in [2.45, 2.75) is 6.54 Å². The number of benzene rings is 1. The fraction of sp³-hybridized carbons (Fsp3) is 0.0833. The van der Waals surface area contributed by atoms with Crippen LogP contribution < -0.4 is 5.32 Å². The van der Waals surface area contributed by atoms with Crippen LogP contribution in [0.5, 0.6) is 5.75 Å². The van der Waals surface area contributed by atoms with E-state index in [2.05, 4.69) is 20.4 Å². The molecule has 0 atom stereocenters. The number of hydrogen-bond donors (Lipinski definition) is 2. The quantitative estimate of drug-likeness (QED) is 0.429. The highest BCUT2D eigenvalue weighted by atomic mass is 19.1. The van der Waals surface area contributed by atoms with Gasteiger partial charge in [-0.25, -0.2) is 9.37 Å². The van der Waals surface area contributed by atoms with Crippen LogP contribution in [0, 0.1) is 5.82 Å². The first-order valence-electron chi connectivity index (χ1n) is 10.2. The number of carbonyl (C=O) groups is 1. The molecule has 9 heteroatoms. The molecule has 5 rings (SSSR count). The second kappa shape index (κ2) is 8.19. The van der Waals surface area contributed by atoms with Gasteiger partial charge in [0.2, 0.25) is 0 Å². The number of rotatable bonds is 5. The van der Waals surface area contributed by atoms with E-state index in [1.54, 1.807) is 46.0 Å². The van der Waals surface area contributed by atoms with Crippen LogP contribution in [-0.2, 0) is 13.6 Å². The van der Waals surface area contributed by atoms with Crippen LogP contribution in [0.1, 0.15) is 15.9 Å². The van der Waals surface area contributed by atoms with Gasteiger partial charge in [0.1, 0.15) is 11.3 Å². The van der Waals surface area contributed by atoms with Gasteiger partial charge in [-0.2, -0.15) is 5.10 Å². The zero-order valence-corrected chi connectivity index (χ0v) is 17.6. The number of nitrogens with zero attached hydrogens (tertiary/aromatic N) is 5. The van der Waals surface area contributed by atoms with E-state index >= 15 is 0 Å². The average molecular weight is 442 g/mol. The molecule has 0 saturated carbocycles. The summed E-state index contributed by atoms with van der Waals surface area (Å²) in [7, 11) is 1.81. The number of carbonyl (C=O) groups excluding carboxylic acids is 1. The Labute approximate surface area is 188 Å². The third-order valence-electron chi connectivity index (χ3n) is 5.33. The van der Waals surface area contributed by atoms with Gasteiger partial charge in [-0.05, 0) is 35.9 Å². The van der Waals surface area contributed by atoms with E-state index in [1.165, 1.54) is 18.3 Å². The first-order chi connectivity index (χ1) is 16.0. The fourth-order valence-electron chi connectivity index (χ4n) is 3.70. The lowest BCUT2D eigenvalue weighted by molar-refractivity contribution is 0.102. The van der Waals surface area contributed by atoms with Gasteiger partial charge >= 0.3 is 0 Å². The van der Waals surface area contributed by atoms with E-state index in [0.717, 1.165) is 11.1 Å². The first kappa shape index (κ1) is 20.4. The molecule has 33 heavy (non-hydrogen) atoms. The number of pyridine rings is 2. The maximum atomic E-state index is 15.0. The van der Waals surface area contributed by atoms with Crippen molar-refractivity contribution in [3.8, 4) is 16.9 Å². The van der Waals surface area contributed by atoms with Crippen molar-refractivity contribution in [1.82, 2.24) is 24.3 Å². The first-order valence-corrected chi connectivity index (χ1v) is 10.2. The molecular weight excluding hydrogens is 423 g/mol. The molecule has 5 aromatic rings. The Kier molecular flexibility index (Phi) is 5.06. The molecule has 0 aliphatic carbocycles. The third-order valence-corrected chi connectivity index (χ3v) is 5.33. The summed E-state index contributed by atoms with van der Waals surface area (Å²) in [6.45, 7) is 0.212. The fourth-order valence-corrected chi connectivity index (χ4v) is 3.70. The Morgan fingerprint density at radius 1 is 1.09 bits per heavy atom. The topological polar surface area (TPSA) is 97.9 Å². The van der Waals surface area contributed by atoms with Crippen LogP contribution in [-0.4, -0.2) is 35.3 Å². The number of anilines is 1. The SMILES string of the molecule is Cn1cc(-c2ccc(Cn3cc(C(=O)Nc4ncccc4O)c4ncccc43)c(F)c2)cn1. The molecule has 0 radical (unpaired) electrons. The van der Waals surface area contributed by atoms with Crippen molar-refractivity contribution in [2.75, 3.05) is 5.32 Å². The van der Waals surface area contributed by atoms with E-state index in [4.69, 9.17) is 0 Å². The average Bonchev–Trinajstić information content (AvgIpc) is 3.41. The van der Waals surface area contributed by atoms with Crippen molar-refractivity contribution >= 4 is 22.8 Å². The Hall–Kier alpha value is -4.53. The van der Waals surface area contributed by atoms with Crippen molar-refractivity contribution in [2.24, 2.45) is 7.05 Å². The number of halogens is 1. The lowest BCUT2D eigenvalue weighted by Crippen LogP contribution is -2.13. The minimum absolute atomic E-state index is 0.0522. The molecule has 4 heterocycles. The maximum absolute atomic E-state index is 15.0. The Bertz CT molecular complexity index is 1490. The molecule has 2 N–H and O–H groups in total. The number of hydrogen-bond acceptors (Lipinski definition) is 5. The van der Waals surface area contributed by atoms with Gasteiger partial charge in [0.05, 0.1) is 23.8 Å². The summed E-state index contributed by atoms with van der Waals surface area (Å²) < 4.78 is 18.4. The standard InChI is InChI=1S/C24H19FN6O2/c1-30-12-17(11-28-30)15-6-7-16(19(25)10-15)13-31-14-18(22-20(31)4-2-8-26-22)24(33)29-23-21(32)5-3-9-27-23/h2-12,14,32H,13H2,1H3,(H,27,29,33). The zero-order valence-electron chi connectivity index (χ0n) is 17.6. The van der Waals surface area contributed by atoms with Crippen molar-refractivity contribution in [1.29, 1.82) is 0 Å². The van der Waals surface area contributed by atoms with Gasteiger partial charge in [0.25, 0.3) is 5.91 Å². The molecule has 164 valence electrons. The molecule has 0 fully saturated rings. The molecule has 0 aliphatic rings. The number of aryl methyl sites for hydroxylation is 1. The minimum atomic E-state index is -0.473. The highest BCUT2D eigenvalue weighted by Gasteiger charge is 2.19. The van der Waals surface area contributed by atoms with Gasteiger partial charge in [-0.15, -0.1) is 0 Å². The van der Waals surface area contributed by atoms with E-state index in [-0.39, 0.29) is 23.9 Å². The normalized spacial score (nSPS) is 11.1. The number of fused-ring (bicyclic) bond motifs is 1. The Morgan fingerprint density at radius 2 is 1.91 bits per heavy atom. The van der Waals surface area contributed by atoms with Crippen LogP contribution in [0.3, 0.4) is 0 Å². The van der Waals surface area contributed by atoms with Crippen LogP contribution >= 0.6 is 0 Å². The Morgan fingerprint density at radius 3 is 2.67 bits per heavy atom. The van der Waals surface area contributed by atoms with Crippen LogP contribution in [0.15, 0.2) is 73.4 Å². The highest BCUT2D eigenvalue weighted by molar-refractivity contribution is 6.12. The third kappa shape index (κ3) is 3.91. The largest absolute Gasteiger partial charge is 0.504 e. The van der Waals surface area contributed by atoms with Gasteiger partial charge < -0.3 is 15.0 Å². The lowest BCUT2D eigenvalue weighted by atomic mass is 10.1. The monoisotopic (exact) mass is 442 g/mol. The summed E-state index contributed by atoms with van der Waals surface area (Å²) >= 11 is 0. The lowest BCUT2D eigenvalue weighted by Gasteiger charge is -2.08. The minimum Gasteiger partial charge on any atom is -0.504 e. The van der Waals surface area contributed by atoms with Crippen molar-refractivity contribution in [3.05, 3.63) is 90.4 Å². The van der Waals surface area contributed by atoms with Crippen molar-refractivity contribution in [3.63, 3.8) is 0 Å². The Balaban J connectivity index is 1.47. The van der Waals surface area contributed by atoms with E-state index in [9.17, 15) is 14.3 Å². The summed E-state index contributed by atoms with van der Waals surface area (Å²) in [5.41, 5.74) is 3.48.